The minimum Gasteiger partial charge on any atom is -0.481 e. The Labute approximate surface area is 119 Å². The Morgan fingerprint density at radius 3 is 2.55 bits per heavy atom. The Balaban J connectivity index is 2.17. The van der Waals surface area contributed by atoms with Crippen LogP contribution in [-0.2, 0) is 14.3 Å². The van der Waals surface area contributed by atoms with E-state index in [2.05, 4.69) is 0 Å². The zero-order valence-corrected chi connectivity index (χ0v) is 12.2. The molecule has 6 nitrogen and oxygen atoms in total. The van der Waals surface area contributed by atoms with Gasteiger partial charge in [-0.3, -0.25) is 9.59 Å². The van der Waals surface area contributed by atoms with Crippen molar-refractivity contribution in [2.24, 2.45) is 17.6 Å². The highest BCUT2D eigenvalue weighted by Crippen LogP contribution is 2.39. The molecule has 1 saturated heterocycles. The maximum Gasteiger partial charge on any atom is 0.311 e. The number of nitrogens with zero attached hydrogens (tertiary/aromatic N) is 1. The molecule has 2 fully saturated rings. The van der Waals surface area contributed by atoms with Gasteiger partial charge < -0.3 is 20.5 Å². The lowest BCUT2D eigenvalue weighted by Crippen LogP contribution is -2.59. The van der Waals surface area contributed by atoms with Gasteiger partial charge in [-0.25, -0.2) is 0 Å². The zero-order valence-electron chi connectivity index (χ0n) is 12.2. The molecule has 0 bridgehead atoms. The van der Waals surface area contributed by atoms with Crippen molar-refractivity contribution in [3.63, 3.8) is 0 Å². The van der Waals surface area contributed by atoms with Crippen LogP contribution in [0.1, 0.15) is 33.1 Å². The van der Waals surface area contributed by atoms with Crippen LogP contribution in [0.2, 0.25) is 0 Å². The first-order valence-electron chi connectivity index (χ1n) is 7.30. The van der Waals surface area contributed by atoms with E-state index in [-0.39, 0.29) is 25.0 Å². The largest absolute Gasteiger partial charge is 0.481 e. The number of aliphatic carboxylic acids is 1. The van der Waals surface area contributed by atoms with Crippen molar-refractivity contribution in [2.75, 3.05) is 19.8 Å². The third-order valence-electron chi connectivity index (χ3n) is 4.38. The smallest absolute Gasteiger partial charge is 0.311 e. The summed E-state index contributed by atoms with van der Waals surface area (Å²) in [6.07, 6.45) is 2.72. The van der Waals surface area contributed by atoms with Gasteiger partial charge in [0.25, 0.3) is 0 Å². The first-order valence-corrected chi connectivity index (χ1v) is 7.30. The lowest BCUT2D eigenvalue weighted by molar-refractivity contribution is -0.147. The number of rotatable bonds is 6. The van der Waals surface area contributed by atoms with E-state index in [1.807, 2.05) is 6.92 Å². The molecule has 114 valence electrons. The molecule has 3 N–H and O–H groups in total. The number of carboxylic acids is 1. The summed E-state index contributed by atoms with van der Waals surface area (Å²) < 4.78 is 5.28. The Morgan fingerprint density at radius 1 is 1.40 bits per heavy atom. The normalized spacial score (nSPS) is 28.9. The molecular formula is C14H24N2O4. The average molecular weight is 284 g/mol. The number of carbonyl (C=O) groups is 2. The number of amides is 1. The molecule has 20 heavy (non-hydrogen) atoms. The Hall–Kier alpha value is -1.14. The highest BCUT2D eigenvalue weighted by atomic mass is 16.5. The van der Waals surface area contributed by atoms with Crippen LogP contribution in [0.5, 0.6) is 0 Å². The molecule has 0 spiro atoms. The van der Waals surface area contributed by atoms with E-state index in [4.69, 9.17) is 10.5 Å². The fraction of sp³-hybridized carbons (Fsp3) is 0.857. The van der Waals surface area contributed by atoms with Gasteiger partial charge in [-0.1, -0.05) is 6.92 Å². The third kappa shape index (κ3) is 2.81. The van der Waals surface area contributed by atoms with Crippen LogP contribution in [0.3, 0.4) is 0 Å². The summed E-state index contributed by atoms with van der Waals surface area (Å²) in [5.41, 5.74) is 5.32. The van der Waals surface area contributed by atoms with Crippen molar-refractivity contribution in [1.82, 2.24) is 4.90 Å². The van der Waals surface area contributed by atoms with Gasteiger partial charge in [-0.2, -0.15) is 0 Å². The van der Waals surface area contributed by atoms with Gasteiger partial charge in [-0.15, -0.1) is 0 Å². The molecule has 2 rings (SSSR count). The Kier molecular flexibility index (Phi) is 4.34. The van der Waals surface area contributed by atoms with Gasteiger partial charge in [0.05, 0.1) is 24.8 Å². The fourth-order valence-electron chi connectivity index (χ4n) is 2.91. The molecule has 3 unspecified atom stereocenters. The maximum atomic E-state index is 12.7. The van der Waals surface area contributed by atoms with E-state index in [1.54, 1.807) is 11.8 Å². The minimum atomic E-state index is -0.911. The summed E-state index contributed by atoms with van der Waals surface area (Å²) in [6, 6.07) is -0.401. The van der Waals surface area contributed by atoms with Gasteiger partial charge in [0.1, 0.15) is 5.92 Å². The first-order chi connectivity index (χ1) is 9.39. The first kappa shape index (κ1) is 15.3. The molecule has 0 aromatic heterocycles. The van der Waals surface area contributed by atoms with Crippen LogP contribution in [0.25, 0.3) is 0 Å². The molecule has 6 heteroatoms. The molecule has 2 aliphatic rings. The second kappa shape index (κ2) is 5.69. The molecule has 1 amide bonds. The van der Waals surface area contributed by atoms with E-state index in [1.165, 1.54) is 0 Å². The lowest BCUT2D eigenvalue weighted by atomic mass is 9.92. The molecule has 1 aliphatic carbocycles. The van der Waals surface area contributed by atoms with Crippen molar-refractivity contribution in [3.05, 3.63) is 0 Å². The van der Waals surface area contributed by atoms with Crippen molar-refractivity contribution in [1.29, 1.82) is 0 Å². The highest BCUT2D eigenvalue weighted by Gasteiger charge is 2.49. The quantitative estimate of drug-likeness (QED) is 0.739. The van der Waals surface area contributed by atoms with E-state index < -0.39 is 23.5 Å². The third-order valence-corrected chi connectivity index (χ3v) is 4.38. The second-order valence-electron chi connectivity index (χ2n) is 6.11. The summed E-state index contributed by atoms with van der Waals surface area (Å²) in [6.45, 7) is 4.70. The van der Waals surface area contributed by atoms with Crippen LogP contribution < -0.4 is 5.73 Å². The minimum absolute atomic E-state index is 0.136. The van der Waals surface area contributed by atoms with Gasteiger partial charge in [0.2, 0.25) is 5.91 Å². The van der Waals surface area contributed by atoms with Crippen LogP contribution in [0, 0.1) is 11.8 Å². The van der Waals surface area contributed by atoms with Gasteiger partial charge in [0.15, 0.2) is 0 Å². The fourth-order valence-corrected chi connectivity index (χ4v) is 2.91. The highest BCUT2D eigenvalue weighted by molar-refractivity contribution is 5.87. The van der Waals surface area contributed by atoms with Gasteiger partial charge in [0, 0.05) is 6.54 Å². The number of hydrogen-bond acceptors (Lipinski definition) is 4. The van der Waals surface area contributed by atoms with Crippen LogP contribution in [-0.4, -0.2) is 53.2 Å². The van der Waals surface area contributed by atoms with Crippen LogP contribution in [0.15, 0.2) is 0 Å². The maximum absolute atomic E-state index is 12.7. The zero-order chi connectivity index (χ0) is 14.9. The molecule has 1 saturated carbocycles. The summed E-state index contributed by atoms with van der Waals surface area (Å²) in [5, 5.41) is 9.26. The van der Waals surface area contributed by atoms with Crippen molar-refractivity contribution >= 4 is 11.9 Å². The van der Waals surface area contributed by atoms with Crippen molar-refractivity contribution in [2.45, 2.75) is 44.7 Å². The number of carboxylic acid groups (broad SMARTS) is 1. The monoisotopic (exact) mass is 284 g/mol. The predicted octanol–water partition coefficient (Wildman–Crippen LogP) is 0.452. The van der Waals surface area contributed by atoms with E-state index >= 15 is 0 Å². The number of hydrogen-bond donors (Lipinski definition) is 2. The lowest BCUT2D eigenvalue weighted by Gasteiger charge is -2.36. The molecule has 1 aliphatic heterocycles. The molecule has 0 aromatic carbocycles. The SMILES string of the molecule is CCCN(C(=O)C(C)(N)C1CC1)C1COCC1C(=O)O. The van der Waals surface area contributed by atoms with Gasteiger partial charge in [-0.05, 0) is 32.1 Å². The van der Waals surface area contributed by atoms with E-state index in [0.717, 1.165) is 19.3 Å². The van der Waals surface area contributed by atoms with Crippen molar-refractivity contribution in [3.8, 4) is 0 Å². The topological polar surface area (TPSA) is 92.9 Å². The standard InChI is InChI=1S/C14H24N2O4/c1-3-6-16(11-8-20-7-10(11)12(17)18)13(19)14(2,15)9-4-5-9/h9-11H,3-8,15H2,1-2H3,(H,17,18). The summed E-state index contributed by atoms with van der Waals surface area (Å²) in [7, 11) is 0. The number of nitrogens with two attached hydrogens (primary N) is 1. The molecule has 1 heterocycles. The van der Waals surface area contributed by atoms with Gasteiger partial charge >= 0.3 is 5.97 Å². The van der Waals surface area contributed by atoms with Crippen LogP contribution >= 0.6 is 0 Å². The number of carbonyl (C=O) groups excluding carboxylic acids is 1. The second-order valence-corrected chi connectivity index (χ2v) is 6.11. The summed E-state index contributed by atoms with van der Waals surface area (Å²) >= 11 is 0. The number of ether oxygens (including phenoxy) is 1. The van der Waals surface area contributed by atoms with E-state index in [9.17, 15) is 14.7 Å². The molecular weight excluding hydrogens is 260 g/mol. The Morgan fingerprint density at radius 2 is 2.05 bits per heavy atom. The predicted molar refractivity (Wildman–Crippen MR) is 73.1 cm³/mol. The average Bonchev–Trinajstić information content (AvgIpc) is 3.14. The summed E-state index contributed by atoms with van der Waals surface area (Å²) in [5.74, 6) is -1.48. The van der Waals surface area contributed by atoms with Crippen molar-refractivity contribution < 1.29 is 19.4 Å². The molecule has 0 radical (unpaired) electrons. The van der Waals surface area contributed by atoms with Crippen LogP contribution in [0.4, 0.5) is 0 Å². The van der Waals surface area contributed by atoms with E-state index in [0.29, 0.717) is 6.54 Å². The Bertz CT molecular complexity index is 393. The molecule has 0 aromatic rings. The summed E-state index contributed by atoms with van der Waals surface area (Å²) in [4.78, 5) is 25.7. The molecule has 3 atom stereocenters.